The molecular formula is C23H35NO3. The summed E-state index contributed by atoms with van der Waals surface area (Å²) in [5, 5.41) is 14.0. The summed E-state index contributed by atoms with van der Waals surface area (Å²) < 4.78 is 0. The number of nitrogens with one attached hydrogen (secondary N) is 1. The van der Waals surface area contributed by atoms with Gasteiger partial charge < -0.3 is 10.4 Å². The van der Waals surface area contributed by atoms with Crippen LogP contribution in [0.2, 0.25) is 0 Å². The standard InChI is InChI=1S/C23H35NO3/c1-4-5-8-23(20(26)27)12-11-21(2)9-7-17-16(19(21)23)14-24-18-13-15(25)6-10-22(17,18)3/h13,16-17,19,24H,4-12,14H2,1-3H3,(H,26,27)/t16-,17+,19+,21-,22-,23?/m1/s1. The third kappa shape index (κ3) is 2.61. The molecule has 0 radical (unpaired) electrons. The van der Waals surface area contributed by atoms with E-state index in [-0.39, 0.29) is 22.5 Å². The average molecular weight is 374 g/mol. The molecule has 4 aliphatic rings. The molecule has 3 aliphatic carbocycles. The van der Waals surface area contributed by atoms with Crippen LogP contribution in [-0.2, 0) is 9.59 Å². The number of piperidine rings is 1. The van der Waals surface area contributed by atoms with Crippen LogP contribution in [0.4, 0.5) is 0 Å². The molecule has 1 heterocycles. The number of carbonyl (C=O) groups excluding carboxylic acids is 1. The van der Waals surface area contributed by atoms with Crippen molar-refractivity contribution in [1.29, 1.82) is 0 Å². The van der Waals surface area contributed by atoms with E-state index in [9.17, 15) is 14.7 Å². The molecule has 0 bridgehead atoms. The second kappa shape index (κ2) is 6.35. The lowest BCUT2D eigenvalue weighted by atomic mass is 9.47. The molecule has 1 aliphatic heterocycles. The molecule has 0 aromatic carbocycles. The first-order chi connectivity index (χ1) is 12.8. The van der Waals surface area contributed by atoms with Crippen LogP contribution in [0.15, 0.2) is 11.8 Å². The Morgan fingerprint density at radius 2 is 2.04 bits per heavy atom. The van der Waals surface area contributed by atoms with E-state index in [1.165, 1.54) is 6.42 Å². The molecule has 0 spiro atoms. The van der Waals surface area contributed by atoms with Crippen molar-refractivity contribution in [2.45, 2.75) is 78.6 Å². The lowest BCUT2D eigenvalue weighted by Gasteiger charge is -2.59. The molecule has 1 saturated heterocycles. The van der Waals surface area contributed by atoms with Crippen LogP contribution in [-0.4, -0.2) is 23.4 Å². The number of allylic oxidation sites excluding steroid dienone is 2. The van der Waals surface area contributed by atoms with E-state index in [0.29, 0.717) is 18.3 Å². The molecular weight excluding hydrogens is 338 g/mol. The Morgan fingerprint density at radius 3 is 2.74 bits per heavy atom. The fourth-order valence-electron chi connectivity index (χ4n) is 7.58. The van der Waals surface area contributed by atoms with Gasteiger partial charge in [-0.25, -0.2) is 0 Å². The van der Waals surface area contributed by atoms with Crippen LogP contribution < -0.4 is 5.32 Å². The van der Waals surface area contributed by atoms with Crippen LogP contribution in [0.3, 0.4) is 0 Å². The predicted molar refractivity (Wildman–Crippen MR) is 105 cm³/mol. The van der Waals surface area contributed by atoms with Crippen LogP contribution in [0.5, 0.6) is 0 Å². The summed E-state index contributed by atoms with van der Waals surface area (Å²) in [4.78, 5) is 24.6. The molecule has 1 unspecified atom stereocenters. The van der Waals surface area contributed by atoms with Gasteiger partial charge in [0.2, 0.25) is 0 Å². The largest absolute Gasteiger partial charge is 0.481 e. The highest BCUT2D eigenvalue weighted by Gasteiger charge is 2.65. The van der Waals surface area contributed by atoms with Crippen molar-refractivity contribution in [3.8, 4) is 0 Å². The van der Waals surface area contributed by atoms with Gasteiger partial charge in [0.25, 0.3) is 0 Å². The smallest absolute Gasteiger partial charge is 0.309 e. The Morgan fingerprint density at radius 1 is 1.26 bits per heavy atom. The zero-order valence-corrected chi connectivity index (χ0v) is 17.1. The Labute approximate surface area is 163 Å². The zero-order chi connectivity index (χ0) is 19.4. The van der Waals surface area contributed by atoms with Gasteiger partial charge >= 0.3 is 5.97 Å². The molecule has 4 nitrogen and oxygen atoms in total. The molecule has 0 aromatic heterocycles. The van der Waals surface area contributed by atoms with E-state index in [1.807, 2.05) is 6.08 Å². The number of hydrogen-bond acceptors (Lipinski definition) is 3. The maximum absolute atomic E-state index is 12.6. The fraction of sp³-hybridized carbons (Fsp3) is 0.826. The van der Waals surface area contributed by atoms with E-state index in [0.717, 1.165) is 57.2 Å². The summed E-state index contributed by atoms with van der Waals surface area (Å²) in [7, 11) is 0. The van der Waals surface area contributed by atoms with Gasteiger partial charge in [-0.1, -0.05) is 33.6 Å². The highest BCUT2D eigenvalue weighted by molar-refractivity contribution is 5.91. The molecule has 27 heavy (non-hydrogen) atoms. The Bertz CT molecular complexity index is 681. The van der Waals surface area contributed by atoms with Gasteiger partial charge in [-0.2, -0.15) is 0 Å². The summed E-state index contributed by atoms with van der Waals surface area (Å²) in [5.74, 6) is 0.814. The number of ketones is 1. The predicted octanol–water partition coefficient (Wildman–Crippen LogP) is 4.55. The number of carboxylic acid groups (broad SMARTS) is 1. The quantitative estimate of drug-likeness (QED) is 0.759. The third-order valence-electron chi connectivity index (χ3n) is 9.02. The van der Waals surface area contributed by atoms with Gasteiger partial charge in [0.1, 0.15) is 0 Å². The molecule has 0 amide bonds. The SMILES string of the molecule is CCCCC1(C(=O)O)CC[C@@]2(C)CC[C@H]3[C@@H](CNC4=CC(=O)CC[C@@]43C)[C@H]12. The van der Waals surface area contributed by atoms with Crippen molar-refractivity contribution in [3.63, 3.8) is 0 Å². The normalized spacial score (nSPS) is 46.0. The lowest BCUT2D eigenvalue weighted by Crippen LogP contribution is -2.59. The van der Waals surface area contributed by atoms with Crippen molar-refractivity contribution < 1.29 is 14.7 Å². The molecule has 0 aromatic rings. The first-order valence-electron chi connectivity index (χ1n) is 11.0. The second-order valence-corrected chi connectivity index (χ2v) is 10.3. The summed E-state index contributed by atoms with van der Waals surface area (Å²) in [6, 6.07) is 0. The monoisotopic (exact) mass is 373 g/mol. The summed E-state index contributed by atoms with van der Waals surface area (Å²) in [6.07, 6.45) is 10.4. The van der Waals surface area contributed by atoms with E-state index in [2.05, 4.69) is 26.1 Å². The average Bonchev–Trinajstić information content (AvgIpc) is 2.95. The Hall–Kier alpha value is -1.32. The van der Waals surface area contributed by atoms with Gasteiger partial charge in [-0.05, 0) is 61.7 Å². The topological polar surface area (TPSA) is 66.4 Å². The van der Waals surface area contributed by atoms with Crippen LogP contribution in [0.1, 0.15) is 78.6 Å². The Kier molecular flexibility index (Phi) is 4.47. The number of hydrogen-bond donors (Lipinski definition) is 2. The van der Waals surface area contributed by atoms with Crippen LogP contribution in [0.25, 0.3) is 0 Å². The van der Waals surface area contributed by atoms with Gasteiger partial charge in [-0.3, -0.25) is 9.59 Å². The number of carbonyl (C=O) groups is 2. The number of fused-ring (bicyclic) bond motifs is 5. The number of rotatable bonds is 4. The summed E-state index contributed by atoms with van der Waals surface area (Å²) >= 11 is 0. The maximum atomic E-state index is 12.6. The van der Waals surface area contributed by atoms with E-state index < -0.39 is 11.4 Å². The molecule has 150 valence electrons. The zero-order valence-electron chi connectivity index (χ0n) is 17.1. The minimum atomic E-state index is -0.560. The maximum Gasteiger partial charge on any atom is 0.309 e. The highest BCUT2D eigenvalue weighted by Crippen LogP contribution is 2.68. The fourth-order valence-corrected chi connectivity index (χ4v) is 7.58. The van der Waals surface area contributed by atoms with Crippen molar-refractivity contribution in [1.82, 2.24) is 5.32 Å². The number of carboxylic acids is 1. The minimum absolute atomic E-state index is 0.00967. The van der Waals surface area contributed by atoms with E-state index in [4.69, 9.17) is 0 Å². The van der Waals surface area contributed by atoms with Crippen LogP contribution >= 0.6 is 0 Å². The molecule has 4 heteroatoms. The lowest BCUT2D eigenvalue weighted by molar-refractivity contribution is -0.161. The molecule has 6 atom stereocenters. The van der Waals surface area contributed by atoms with Crippen molar-refractivity contribution in [3.05, 3.63) is 11.8 Å². The first-order valence-corrected chi connectivity index (χ1v) is 11.0. The third-order valence-corrected chi connectivity index (χ3v) is 9.02. The summed E-state index contributed by atoms with van der Waals surface area (Å²) in [6.45, 7) is 7.68. The van der Waals surface area contributed by atoms with Gasteiger partial charge in [0, 0.05) is 30.2 Å². The van der Waals surface area contributed by atoms with E-state index in [1.54, 1.807) is 0 Å². The van der Waals surface area contributed by atoms with Crippen LogP contribution in [0, 0.1) is 34.0 Å². The van der Waals surface area contributed by atoms with Gasteiger partial charge in [-0.15, -0.1) is 0 Å². The van der Waals surface area contributed by atoms with Crippen molar-refractivity contribution in [2.75, 3.05) is 6.54 Å². The van der Waals surface area contributed by atoms with Crippen molar-refractivity contribution >= 4 is 11.8 Å². The number of unbranched alkanes of at least 4 members (excludes halogenated alkanes) is 1. The Balaban J connectivity index is 1.74. The minimum Gasteiger partial charge on any atom is -0.481 e. The van der Waals surface area contributed by atoms with E-state index >= 15 is 0 Å². The second-order valence-electron chi connectivity index (χ2n) is 10.3. The first kappa shape index (κ1) is 19.0. The molecule has 4 rings (SSSR count). The highest BCUT2D eigenvalue weighted by atomic mass is 16.4. The van der Waals surface area contributed by atoms with Gasteiger partial charge in [0.15, 0.2) is 5.78 Å². The van der Waals surface area contributed by atoms with Crippen molar-refractivity contribution in [2.24, 2.45) is 34.0 Å². The molecule has 3 fully saturated rings. The number of aliphatic carboxylic acids is 1. The van der Waals surface area contributed by atoms with Gasteiger partial charge in [0.05, 0.1) is 5.41 Å². The molecule has 2 N–H and O–H groups in total. The molecule has 2 saturated carbocycles. The summed E-state index contributed by atoms with van der Waals surface area (Å²) in [5.41, 5.74) is 0.723.